The zero-order chi connectivity index (χ0) is 19.6. The number of rotatable bonds is 3. The second kappa shape index (κ2) is 8.16. The van der Waals surface area contributed by atoms with Crippen molar-refractivity contribution in [3.05, 3.63) is 11.8 Å². The molecule has 1 aliphatic carbocycles. The van der Waals surface area contributed by atoms with Crippen molar-refractivity contribution in [1.82, 2.24) is 15.3 Å². The summed E-state index contributed by atoms with van der Waals surface area (Å²) in [6.45, 7) is 5.58. The van der Waals surface area contributed by atoms with Gasteiger partial charge in [-0.05, 0) is 43.3 Å². The number of piperidine rings is 1. The monoisotopic (exact) mass is 401 g/mol. The van der Waals surface area contributed by atoms with Crippen molar-refractivity contribution in [2.24, 2.45) is 11.8 Å². The molecule has 150 valence electrons. The Hall–Kier alpha value is -1.64. The van der Waals surface area contributed by atoms with Crippen LogP contribution in [0.3, 0.4) is 0 Å². The van der Waals surface area contributed by atoms with E-state index in [1.807, 2.05) is 4.90 Å². The molecule has 0 bridgehead atoms. The lowest BCUT2D eigenvalue weighted by Gasteiger charge is -2.36. The third-order valence-corrected chi connectivity index (χ3v) is 5.33. The van der Waals surface area contributed by atoms with Crippen LogP contribution in [0.1, 0.15) is 51.6 Å². The first kappa shape index (κ1) is 20.1. The second-order valence-corrected chi connectivity index (χ2v) is 8.27. The SMILES string of the molecule is C[C@H]1C[C@H](C)CN(c2cc(C(F)(F)F)nc(NC(=S)NC3CCCC3)n2)C1. The number of halogens is 3. The highest BCUT2D eigenvalue weighted by Gasteiger charge is 2.35. The summed E-state index contributed by atoms with van der Waals surface area (Å²) in [5, 5.41) is 6.17. The van der Waals surface area contributed by atoms with Gasteiger partial charge in [-0.1, -0.05) is 26.7 Å². The predicted molar refractivity (Wildman–Crippen MR) is 104 cm³/mol. The molecular formula is C18H26F3N5S. The first-order valence-corrected chi connectivity index (χ1v) is 9.90. The molecule has 2 N–H and O–H groups in total. The molecular weight excluding hydrogens is 375 g/mol. The summed E-state index contributed by atoms with van der Waals surface area (Å²) >= 11 is 5.25. The maximum absolute atomic E-state index is 13.3. The number of aromatic nitrogens is 2. The van der Waals surface area contributed by atoms with E-state index >= 15 is 0 Å². The predicted octanol–water partition coefficient (Wildman–Crippen LogP) is 4.21. The van der Waals surface area contributed by atoms with Crippen LogP contribution < -0.4 is 15.5 Å². The Bertz CT molecular complexity index is 665. The molecule has 1 aromatic rings. The Morgan fingerprint density at radius 2 is 1.78 bits per heavy atom. The molecule has 27 heavy (non-hydrogen) atoms. The number of anilines is 2. The molecule has 1 saturated heterocycles. The van der Waals surface area contributed by atoms with Gasteiger partial charge in [0.2, 0.25) is 5.95 Å². The van der Waals surface area contributed by atoms with Crippen molar-refractivity contribution >= 4 is 29.1 Å². The van der Waals surface area contributed by atoms with Gasteiger partial charge in [0.15, 0.2) is 10.8 Å². The van der Waals surface area contributed by atoms with Gasteiger partial charge in [0.25, 0.3) is 0 Å². The van der Waals surface area contributed by atoms with E-state index in [4.69, 9.17) is 12.2 Å². The lowest BCUT2D eigenvalue weighted by atomic mass is 9.92. The maximum atomic E-state index is 13.3. The van der Waals surface area contributed by atoms with Crippen molar-refractivity contribution < 1.29 is 13.2 Å². The molecule has 5 nitrogen and oxygen atoms in total. The van der Waals surface area contributed by atoms with Gasteiger partial charge >= 0.3 is 6.18 Å². The van der Waals surface area contributed by atoms with Crippen LogP contribution in [0.25, 0.3) is 0 Å². The molecule has 9 heteroatoms. The first-order valence-electron chi connectivity index (χ1n) is 9.49. The van der Waals surface area contributed by atoms with E-state index in [0.717, 1.165) is 38.2 Å². The normalized spacial score (nSPS) is 24.1. The molecule has 1 aliphatic heterocycles. The van der Waals surface area contributed by atoms with Crippen LogP contribution in [0.4, 0.5) is 24.9 Å². The minimum Gasteiger partial charge on any atom is -0.360 e. The van der Waals surface area contributed by atoms with E-state index in [9.17, 15) is 13.2 Å². The van der Waals surface area contributed by atoms with Gasteiger partial charge < -0.3 is 15.5 Å². The Morgan fingerprint density at radius 1 is 1.15 bits per heavy atom. The summed E-state index contributed by atoms with van der Waals surface area (Å²) in [5.41, 5.74) is -0.954. The Morgan fingerprint density at radius 3 is 2.37 bits per heavy atom. The lowest BCUT2D eigenvalue weighted by Crippen LogP contribution is -2.40. The van der Waals surface area contributed by atoms with E-state index in [-0.39, 0.29) is 17.1 Å². The van der Waals surface area contributed by atoms with Gasteiger partial charge in [0.1, 0.15) is 5.82 Å². The third-order valence-electron chi connectivity index (χ3n) is 5.11. The molecule has 2 heterocycles. The zero-order valence-corrected chi connectivity index (χ0v) is 16.5. The van der Waals surface area contributed by atoms with Crippen molar-refractivity contribution in [2.45, 2.75) is 58.2 Å². The van der Waals surface area contributed by atoms with E-state index in [2.05, 4.69) is 34.4 Å². The van der Waals surface area contributed by atoms with Crippen LogP contribution in [0.15, 0.2) is 6.07 Å². The Labute approximate surface area is 163 Å². The van der Waals surface area contributed by atoms with Gasteiger partial charge in [0.05, 0.1) is 0 Å². The molecule has 0 unspecified atom stereocenters. The van der Waals surface area contributed by atoms with Gasteiger partial charge in [-0.25, -0.2) is 4.98 Å². The summed E-state index contributed by atoms with van der Waals surface area (Å²) in [5.74, 6) is 0.988. The smallest absolute Gasteiger partial charge is 0.360 e. The largest absolute Gasteiger partial charge is 0.433 e. The fourth-order valence-corrected chi connectivity index (χ4v) is 4.30. The topological polar surface area (TPSA) is 53.1 Å². The molecule has 2 aliphatic rings. The van der Waals surface area contributed by atoms with Gasteiger partial charge in [-0.3, -0.25) is 0 Å². The van der Waals surface area contributed by atoms with Crippen molar-refractivity contribution in [3.63, 3.8) is 0 Å². The fourth-order valence-electron chi connectivity index (χ4n) is 4.04. The summed E-state index contributed by atoms with van der Waals surface area (Å²) in [6, 6.07) is 1.29. The number of thiocarbonyl (C=S) groups is 1. The van der Waals surface area contributed by atoms with Gasteiger partial charge in [0, 0.05) is 25.2 Å². The Balaban J connectivity index is 1.81. The van der Waals surface area contributed by atoms with Crippen LogP contribution in [-0.2, 0) is 6.18 Å². The molecule has 2 atom stereocenters. The average molecular weight is 402 g/mol. The quantitative estimate of drug-likeness (QED) is 0.740. The minimum absolute atomic E-state index is 0.110. The Kier molecular flexibility index (Phi) is 6.08. The zero-order valence-electron chi connectivity index (χ0n) is 15.6. The number of alkyl halides is 3. The molecule has 0 radical (unpaired) electrons. The summed E-state index contributed by atoms with van der Waals surface area (Å²) < 4.78 is 40.0. The highest BCUT2D eigenvalue weighted by atomic mass is 32.1. The molecule has 1 aromatic heterocycles. The minimum atomic E-state index is -4.54. The van der Waals surface area contributed by atoms with Crippen LogP contribution >= 0.6 is 12.2 Å². The van der Waals surface area contributed by atoms with E-state index in [1.165, 1.54) is 0 Å². The van der Waals surface area contributed by atoms with Gasteiger partial charge in [-0.15, -0.1) is 0 Å². The van der Waals surface area contributed by atoms with Gasteiger partial charge in [-0.2, -0.15) is 18.2 Å². The van der Waals surface area contributed by atoms with Crippen LogP contribution in [-0.4, -0.2) is 34.2 Å². The number of hydrogen-bond acceptors (Lipinski definition) is 4. The van der Waals surface area contributed by atoms with Crippen molar-refractivity contribution in [2.75, 3.05) is 23.3 Å². The van der Waals surface area contributed by atoms with Crippen molar-refractivity contribution in [3.8, 4) is 0 Å². The van der Waals surface area contributed by atoms with E-state index in [1.54, 1.807) is 0 Å². The van der Waals surface area contributed by atoms with Crippen molar-refractivity contribution in [1.29, 1.82) is 0 Å². The molecule has 2 fully saturated rings. The number of hydrogen-bond donors (Lipinski definition) is 2. The number of nitrogens with zero attached hydrogens (tertiary/aromatic N) is 3. The molecule has 1 saturated carbocycles. The molecule has 0 amide bonds. The molecule has 0 spiro atoms. The lowest BCUT2D eigenvalue weighted by molar-refractivity contribution is -0.141. The average Bonchev–Trinajstić information content (AvgIpc) is 3.05. The maximum Gasteiger partial charge on any atom is 0.433 e. The standard InChI is InChI=1S/C18H26F3N5S/c1-11-7-12(2)10-26(9-11)15-8-14(18(19,20)21)23-16(24-15)25-17(27)22-13-5-3-4-6-13/h8,11-13H,3-7,9-10H2,1-2H3,(H2,22,23,24,25,27)/t11-,12-/m0/s1. The summed E-state index contributed by atoms with van der Waals surface area (Å²) in [7, 11) is 0. The molecule has 3 rings (SSSR count). The van der Waals surface area contributed by atoms with E-state index in [0.29, 0.717) is 30.7 Å². The number of nitrogens with one attached hydrogen (secondary N) is 2. The highest BCUT2D eigenvalue weighted by Crippen LogP contribution is 2.32. The van der Waals surface area contributed by atoms with Crippen LogP contribution in [0.5, 0.6) is 0 Å². The van der Waals surface area contributed by atoms with Crippen LogP contribution in [0.2, 0.25) is 0 Å². The van der Waals surface area contributed by atoms with E-state index < -0.39 is 11.9 Å². The summed E-state index contributed by atoms with van der Waals surface area (Å²) in [4.78, 5) is 9.89. The fraction of sp³-hybridized carbons (Fsp3) is 0.722. The molecule has 0 aromatic carbocycles. The second-order valence-electron chi connectivity index (χ2n) is 7.86. The first-order chi connectivity index (χ1) is 12.7. The summed E-state index contributed by atoms with van der Waals surface area (Å²) in [6.07, 6.45) is 0.821. The highest BCUT2D eigenvalue weighted by molar-refractivity contribution is 7.80. The van der Waals surface area contributed by atoms with Crippen LogP contribution in [0, 0.1) is 11.8 Å². The third kappa shape index (κ3) is 5.43.